The van der Waals surface area contributed by atoms with E-state index >= 15 is 0 Å². The van der Waals surface area contributed by atoms with Gasteiger partial charge in [0.25, 0.3) is 0 Å². The Hall–Kier alpha value is -2.80. The van der Waals surface area contributed by atoms with Gasteiger partial charge in [0.15, 0.2) is 0 Å². The molecule has 0 spiro atoms. The fourth-order valence-corrected chi connectivity index (χ4v) is 5.24. The van der Waals surface area contributed by atoms with Crippen LogP contribution in [0.5, 0.6) is 0 Å². The van der Waals surface area contributed by atoms with E-state index in [9.17, 15) is 14.4 Å². The van der Waals surface area contributed by atoms with Crippen molar-refractivity contribution in [3.63, 3.8) is 0 Å². The maximum absolute atomic E-state index is 12.7. The number of esters is 1. The third kappa shape index (κ3) is 4.93. The number of anilines is 2. The summed E-state index contributed by atoms with van der Waals surface area (Å²) in [6, 6.07) is 13.9. The zero-order valence-corrected chi connectivity index (χ0v) is 18.4. The molecule has 1 aliphatic heterocycles. The van der Waals surface area contributed by atoms with Gasteiger partial charge in [0.1, 0.15) is 5.37 Å². The lowest BCUT2D eigenvalue weighted by Crippen LogP contribution is -2.27. The van der Waals surface area contributed by atoms with Gasteiger partial charge in [-0.1, -0.05) is 18.2 Å². The number of hydrogen-bond donors (Lipinski definition) is 1. The van der Waals surface area contributed by atoms with Gasteiger partial charge < -0.3 is 10.1 Å². The molecule has 0 saturated carbocycles. The summed E-state index contributed by atoms with van der Waals surface area (Å²) in [6.45, 7) is 2.05. The second-order valence-electron chi connectivity index (χ2n) is 7.71. The van der Waals surface area contributed by atoms with Crippen LogP contribution in [0.3, 0.4) is 0 Å². The first-order valence-corrected chi connectivity index (χ1v) is 11.7. The highest BCUT2D eigenvalue weighted by Gasteiger charge is 2.34. The molecule has 2 aromatic rings. The minimum atomic E-state index is -0.373. The van der Waals surface area contributed by atoms with Crippen LogP contribution in [0.25, 0.3) is 0 Å². The third-order valence-corrected chi connectivity index (χ3v) is 6.78. The predicted molar refractivity (Wildman–Crippen MR) is 122 cm³/mol. The Morgan fingerprint density at radius 2 is 1.87 bits per heavy atom. The molecule has 0 aromatic heterocycles. The minimum Gasteiger partial charge on any atom is -0.466 e. The Morgan fingerprint density at radius 3 is 2.65 bits per heavy atom. The number of hydrogen-bond acceptors (Lipinski definition) is 5. The highest BCUT2D eigenvalue weighted by molar-refractivity contribution is 8.00. The molecule has 1 heterocycles. The second-order valence-corrected chi connectivity index (χ2v) is 8.78. The summed E-state index contributed by atoms with van der Waals surface area (Å²) in [4.78, 5) is 38.0. The first-order chi connectivity index (χ1) is 15.0. The standard InChI is InChI=1S/C24H26N2O4S/c1-2-30-23(29)13-12-21(27)25-19-9-6-17(7-10-19)24-26(22(28)15-31-24)20-11-8-16-4-3-5-18(16)14-20/h6-11,14,24H,2-5,12-13,15H2,1H3,(H,25,27). The largest absolute Gasteiger partial charge is 0.466 e. The van der Waals surface area contributed by atoms with Crippen molar-refractivity contribution in [2.75, 3.05) is 22.6 Å². The van der Waals surface area contributed by atoms with E-state index in [1.54, 1.807) is 18.7 Å². The van der Waals surface area contributed by atoms with Crippen LogP contribution in [0.2, 0.25) is 0 Å². The van der Waals surface area contributed by atoms with Crippen molar-refractivity contribution in [2.45, 2.75) is 44.4 Å². The molecule has 1 atom stereocenters. The summed E-state index contributed by atoms with van der Waals surface area (Å²) in [5.41, 5.74) is 5.37. The van der Waals surface area contributed by atoms with E-state index in [2.05, 4.69) is 23.5 Å². The van der Waals surface area contributed by atoms with Crippen molar-refractivity contribution in [1.29, 1.82) is 0 Å². The zero-order valence-electron chi connectivity index (χ0n) is 17.6. The monoisotopic (exact) mass is 438 g/mol. The highest BCUT2D eigenvalue weighted by atomic mass is 32.2. The van der Waals surface area contributed by atoms with Crippen LogP contribution in [0.1, 0.15) is 48.3 Å². The number of aryl methyl sites for hydroxylation is 2. The van der Waals surface area contributed by atoms with Gasteiger partial charge >= 0.3 is 5.97 Å². The van der Waals surface area contributed by atoms with Crippen molar-refractivity contribution < 1.29 is 19.1 Å². The summed E-state index contributed by atoms with van der Waals surface area (Å²) < 4.78 is 4.84. The molecule has 1 unspecified atom stereocenters. The fraction of sp³-hybridized carbons (Fsp3) is 0.375. The number of rotatable bonds is 7. The van der Waals surface area contributed by atoms with E-state index in [4.69, 9.17) is 4.74 Å². The molecule has 6 nitrogen and oxygen atoms in total. The average Bonchev–Trinajstić information content (AvgIpc) is 3.39. The number of carbonyl (C=O) groups is 3. The number of carbonyl (C=O) groups excluding carboxylic acids is 3. The highest BCUT2D eigenvalue weighted by Crippen LogP contribution is 2.42. The summed E-state index contributed by atoms with van der Waals surface area (Å²) >= 11 is 1.61. The molecule has 31 heavy (non-hydrogen) atoms. The van der Waals surface area contributed by atoms with Gasteiger partial charge in [-0.05, 0) is 67.1 Å². The number of amides is 2. The lowest BCUT2D eigenvalue weighted by atomic mass is 10.1. The summed E-state index contributed by atoms with van der Waals surface area (Å²) in [5, 5.41) is 2.72. The van der Waals surface area contributed by atoms with Crippen molar-refractivity contribution >= 4 is 40.9 Å². The Kier molecular flexibility index (Phi) is 6.61. The Bertz CT molecular complexity index is 990. The first kappa shape index (κ1) is 21.4. The van der Waals surface area contributed by atoms with Gasteiger partial charge in [-0.15, -0.1) is 11.8 Å². The maximum Gasteiger partial charge on any atom is 0.306 e. The fourth-order valence-electron chi connectivity index (χ4n) is 4.06. The first-order valence-electron chi connectivity index (χ1n) is 10.7. The van der Waals surface area contributed by atoms with Gasteiger partial charge in [-0.25, -0.2) is 0 Å². The van der Waals surface area contributed by atoms with Crippen LogP contribution in [0.4, 0.5) is 11.4 Å². The second kappa shape index (κ2) is 9.56. The van der Waals surface area contributed by atoms with E-state index in [1.807, 2.05) is 29.2 Å². The van der Waals surface area contributed by atoms with Crippen molar-refractivity contribution in [3.8, 4) is 0 Å². The van der Waals surface area contributed by atoms with E-state index < -0.39 is 0 Å². The van der Waals surface area contributed by atoms with E-state index in [0.717, 1.165) is 24.1 Å². The molecular weight excluding hydrogens is 412 g/mol. The summed E-state index contributed by atoms with van der Waals surface area (Å²) in [6.07, 6.45) is 3.52. The quantitative estimate of drug-likeness (QED) is 0.655. The van der Waals surface area contributed by atoms with Crippen LogP contribution in [0, 0.1) is 0 Å². The normalized spacial score (nSPS) is 17.5. The molecule has 0 radical (unpaired) electrons. The van der Waals surface area contributed by atoms with Gasteiger partial charge in [0.05, 0.1) is 18.8 Å². The van der Waals surface area contributed by atoms with Gasteiger partial charge in [0, 0.05) is 17.8 Å². The van der Waals surface area contributed by atoms with Crippen LogP contribution in [-0.2, 0) is 32.0 Å². The molecule has 2 aromatic carbocycles. The molecule has 2 aliphatic rings. The van der Waals surface area contributed by atoms with Crippen LogP contribution >= 0.6 is 11.8 Å². The number of ether oxygens (including phenoxy) is 1. The molecular formula is C24H26N2O4S. The van der Waals surface area contributed by atoms with Crippen LogP contribution in [0.15, 0.2) is 42.5 Å². The van der Waals surface area contributed by atoms with Crippen LogP contribution in [-0.4, -0.2) is 30.1 Å². The molecule has 4 rings (SSSR count). The van der Waals surface area contributed by atoms with Crippen molar-refractivity contribution in [2.24, 2.45) is 0 Å². The smallest absolute Gasteiger partial charge is 0.306 e. The molecule has 7 heteroatoms. The minimum absolute atomic E-state index is 0.0638. The number of fused-ring (bicyclic) bond motifs is 1. The van der Waals surface area contributed by atoms with Crippen molar-refractivity contribution in [1.82, 2.24) is 0 Å². The SMILES string of the molecule is CCOC(=O)CCC(=O)Nc1ccc(C2SCC(=O)N2c2ccc3c(c2)CCC3)cc1. The summed E-state index contributed by atoms with van der Waals surface area (Å²) in [5.74, 6) is -0.0356. The zero-order chi connectivity index (χ0) is 21.8. The average molecular weight is 439 g/mol. The lowest BCUT2D eigenvalue weighted by Gasteiger charge is -2.25. The van der Waals surface area contributed by atoms with E-state index in [1.165, 1.54) is 17.5 Å². The number of nitrogens with one attached hydrogen (secondary N) is 1. The number of benzene rings is 2. The number of nitrogens with zero attached hydrogens (tertiary/aromatic N) is 1. The molecule has 1 aliphatic carbocycles. The van der Waals surface area contributed by atoms with Crippen molar-refractivity contribution in [3.05, 3.63) is 59.2 Å². The Morgan fingerprint density at radius 1 is 1.10 bits per heavy atom. The van der Waals surface area contributed by atoms with Gasteiger partial charge in [0.2, 0.25) is 11.8 Å². The topological polar surface area (TPSA) is 75.7 Å². The molecule has 1 fully saturated rings. The third-order valence-electron chi connectivity index (χ3n) is 5.57. The summed E-state index contributed by atoms with van der Waals surface area (Å²) in [7, 11) is 0. The Labute approximate surface area is 186 Å². The van der Waals surface area contributed by atoms with Crippen LogP contribution < -0.4 is 10.2 Å². The molecule has 0 bridgehead atoms. The molecule has 1 saturated heterocycles. The molecule has 1 N–H and O–H groups in total. The van der Waals surface area contributed by atoms with E-state index in [0.29, 0.717) is 18.0 Å². The predicted octanol–water partition coefficient (Wildman–Crippen LogP) is 4.24. The maximum atomic E-state index is 12.7. The van der Waals surface area contributed by atoms with E-state index in [-0.39, 0.29) is 36.0 Å². The lowest BCUT2D eigenvalue weighted by molar-refractivity contribution is -0.144. The number of thioether (sulfide) groups is 1. The van der Waals surface area contributed by atoms with Gasteiger partial charge in [-0.3, -0.25) is 19.3 Å². The molecule has 2 amide bonds. The van der Waals surface area contributed by atoms with Gasteiger partial charge in [-0.2, -0.15) is 0 Å². The molecule has 162 valence electrons. The Balaban J connectivity index is 1.42.